The Balaban J connectivity index is 1.69. The van der Waals surface area contributed by atoms with Crippen LogP contribution in [0.15, 0.2) is 24.3 Å². The second-order valence-corrected chi connectivity index (χ2v) is 4.93. The molecule has 84 valence electrons. The molecule has 1 aliphatic heterocycles. The van der Waals surface area contributed by atoms with Gasteiger partial charge >= 0.3 is 5.97 Å². The number of piperidine rings is 1. The number of fused-ring (bicyclic) bond motifs is 1. The van der Waals surface area contributed by atoms with Gasteiger partial charge in [0.15, 0.2) is 0 Å². The molecule has 1 heterocycles. The molecular formula is C13H15NO2. The van der Waals surface area contributed by atoms with Crippen molar-refractivity contribution in [3.8, 4) is 0 Å². The van der Waals surface area contributed by atoms with Gasteiger partial charge in [0.05, 0.1) is 5.92 Å². The molecule has 1 aromatic rings. The number of hydrogen-bond acceptors (Lipinski definition) is 2. The van der Waals surface area contributed by atoms with Crippen LogP contribution in [0, 0.1) is 24.7 Å². The molecule has 3 heteroatoms. The van der Waals surface area contributed by atoms with Crippen molar-refractivity contribution in [1.82, 2.24) is 0 Å². The molecule has 3 rings (SSSR count). The third kappa shape index (κ3) is 1.39. The smallest absolute Gasteiger partial charge is 0.307 e. The number of carbonyl (C=O) groups is 1. The normalized spacial score (nSPS) is 31.3. The van der Waals surface area contributed by atoms with Gasteiger partial charge in [-0.15, -0.1) is 0 Å². The van der Waals surface area contributed by atoms with Crippen molar-refractivity contribution in [2.24, 2.45) is 17.8 Å². The zero-order valence-corrected chi connectivity index (χ0v) is 9.26. The summed E-state index contributed by atoms with van der Waals surface area (Å²) in [7, 11) is 0. The maximum absolute atomic E-state index is 10.8. The van der Waals surface area contributed by atoms with Gasteiger partial charge in [0.1, 0.15) is 0 Å². The van der Waals surface area contributed by atoms with E-state index in [1.165, 1.54) is 11.3 Å². The van der Waals surface area contributed by atoms with Crippen LogP contribution in [0.1, 0.15) is 5.56 Å². The summed E-state index contributed by atoms with van der Waals surface area (Å²) in [5.74, 6) is 0.0952. The van der Waals surface area contributed by atoms with Crippen molar-refractivity contribution < 1.29 is 9.90 Å². The van der Waals surface area contributed by atoms with Gasteiger partial charge in [0.2, 0.25) is 0 Å². The molecule has 0 radical (unpaired) electrons. The topological polar surface area (TPSA) is 40.5 Å². The summed E-state index contributed by atoms with van der Waals surface area (Å²) in [4.78, 5) is 13.1. The Labute approximate surface area is 94.7 Å². The molecular weight excluding hydrogens is 202 g/mol. The van der Waals surface area contributed by atoms with Crippen LogP contribution in [-0.2, 0) is 4.79 Å². The third-order valence-electron chi connectivity index (χ3n) is 3.88. The van der Waals surface area contributed by atoms with Crippen LogP contribution in [0.3, 0.4) is 0 Å². The standard InChI is InChI=1S/C13H15NO2/c1-8-2-4-9(5-3-8)14-6-10-11(7-14)12(10)13(15)16/h2-5,10-12H,6-7H2,1H3,(H,15,16). The van der Waals surface area contributed by atoms with E-state index in [0.717, 1.165) is 13.1 Å². The summed E-state index contributed by atoms with van der Waals surface area (Å²) in [5, 5.41) is 8.93. The minimum absolute atomic E-state index is 0.0679. The van der Waals surface area contributed by atoms with Crippen LogP contribution >= 0.6 is 0 Å². The van der Waals surface area contributed by atoms with E-state index in [1.54, 1.807) is 0 Å². The Morgan fingerprint density at radius 3 is 2.31 bits per heavy atom. The summed E-state index contributed by atoms with van der Waals surface area (Å²) < 4.78 is 0. The van der Waals surface area contributed by atoms with Crippen LogP contribution in [0.2, 0.25) is 0 Å². The second-order valence-electron chi connectivity index (χ2n) is 4.93. The van der Waals surface area contributed by atoms with Crippen molar-refractivity contribution in [3.05, 3.63) is 29.8 Å². The summed E-state index contributed by atoms with van der Waals surface area (Å²) >= 11 is 0. The average Bonchev–Trinajstić information content (AvgIpc) is 2.77. The van der Waals surface area contributed by atoms with E-state index in [-0.39, 0.29) is 5.92 Å². The lowest BCUT2D eigenvalue weighted by Gasteiger charge is -2.21. The highest BCUT2D eigenvalue weighted by Crippen LogP contribution is 2.52. The number of anilines is 1. The summed E-state index contributed by atoms with van der Waals surface area (Å²) in [5.41, 5.74) is 2.48. The first-order valence-electron chi connectivity index (χ1n) is 5.71. The Kier molecular flexibility index (Phi) is 1.96. The van der Waals surface area contributed by atoms with Gasteiger partial charge in [0, 0.05) is 18.8 Å². The van der Waals surface area contributed by atoms with Crippen molar-refractivity contribution in [2.75, 3.05) is 18.0 Å². The van der Waals surface area contributed by atoms with Gasteiger partial charge in [-0.1, -0.05) is 17.7 Å². The number of carboxylic acids is 1. The highest BCUT2D eigenvalue weighted by atomic mass is 16.4. The van der Waals surface area contributed by atoms with Crippen LogP contribution in [0.4, 0.5) is 5.69 Å². The number of rotatable bonds is 2. The van der Waals surface area contributed by atoms with Crippen molar-refractivity contribution in [1.29, 1.82) is 0 Å². The molecule has 2 unspecified atom stereocenters. The van der Waals surface area contributed by atoms with Gasteiger partial charge in [0.25, 0.3) is 0 Å². The summed E-state index contributed by atoms with van der Waals surface area (Å²) in [6, 6.07) is 8.45. The molecule has 2 atom stereocenters. The molecule has 0 aromatic heterocycles. The van der Waals surface area contributed by atoms with E-state index < -0.39 is 5.97 Å². The van der Waals surface area contributed by atoms with Crippen LogP contribution < -0.4 is 4.90 Å². The monoisotopic (exact) mass is 217 g/mol. The SMILES string of the molecule is Cc1ccc(N2CC3C(C2)C3C(=O)O)cc1. The molecule has 2 aliphatic rings. The molecule has 0 bridgehead atoms. The summed E-state index contributed by atoms with van der Waals surface area (Å²) in [6.45, 7) is 3.89. The molecule has 3 nitrogen and oxygen atoms in total. The van der Waals surface area contributed by atoms with E-state index in [0.29, 0.717) is 11.8 Å². The lowest BCUT2D eigenvalue weighted by molar-refractivity contribution is -0.139. The molecule has 2 fully saturated rings. The molecule has 1 aromatic carbocycles. The fourth-order valence-electron chi connectivity index (χ4n) is 2.86. The van der Waals surface area contributed by atoms with Crippen LogP contribution in [-0.4, -0.2) is 24.2 Å². The lowest BCUT2D eigenvalue weighted by atomic mass is 10.2. The Morgan fingerprint density at radius 2 is 1.81 bits per heavy atom. The quantitative estimate of drug-likeness (QED) is 0.820. The molecule has 1 N–H and O–H groups in total. The zero-order chi connectivity index (χ0) is 11.3. The van der Waals surface area contributed by atoms with Crippen molar-refractivity contribution in [3.63, 3.8) is 0 Å². The van der Waals surface area contributed by atoms with E-state index in [2.05, 4.69) is 36.1 Å². The highest BCUT2D eigenvalue weighted by Gasteiger charge is 2.59. The molecule has 1 saturated carbocycles. The Morgan fingerprint density at radius 1 is 1.25 bits per heavy atom. The average molecular weight is 217 g/mol. The third-order valence-corrected chi connectivity index (χ3v) is 3.88. The zero-order valence-electron chi connectivity index (χ0n) is 9.26. The summed E-state index contributed by atoms with van der Waals surface area (Å²) in [6.07, 6.45) is 0. The minimum Gasteiger partial charge on any atom is -0.481 e. The maximum Gasteiger partial charge on any atom is 0.307 e. The largest absolute Gasteiger partial charge is 0.481 e. The fraction of sp³-hybridized carbons (Fsp3) is 0.462. The van der Waals surface area contributed by atoms with Crippen molar-refractivity contribution >= 4 is 11.7 Å². The predicted octanol–water partition coefficient (Wildman–Crippen LogP) is 1.76. The number of aryl methyl sites for hydroxylation is 1. The van der Waals surface area contributed by atoms with Gasteiger partial charge < -0.3 is 10.0 Å². The lowest BCUT2D eigenvalue weighted by Crippen LogP contribution is -2.25. The maximum atomic E-state index is 10.8. The Bertz CT molecular complexity index is 414. The van der Waals surface area contributed by atoms with Gasteiger partial charge in [-0.25, -0.2) is 0 Å². The molecule has 16 heavy (non-hydrogen) atoms. The van der Waals surface area contributed by atoms with E-state index in [4.69, 9.17) is 5.11 Å². The first kappa shape index (κ1) is 9.70. The minimum atomic E-state index is -0.612. The van der Waals surface area contributed by atoms with Gasteiger partial charge in [-0.05, 0) is 30.9 Å². The van der Waals surface area contributed by atoms with Gasteiger partial charge in [-0.3, -0.25) is 4.79 Å². The molecule has 0 spiro atoms. The number of hydrogen-bond donors (Lipinski definition) is 1. The number of nitrogens with zero attached hydrogens (tertiary/aromatic N) is 1. The van der Waals surface area contributed by atoms with Crippen LogP contribution in [0.25, 0.3) is 0 Å². The van der Waals surface area contributed by atoms with E-state index in [9.17, 15) is 4.79 Å². The Hall–Kier alpha value is -1.51. The second kappa shape index (κ2) is 3.24. The van der Waals surface area contributed by atoms with E-state index >= 15 is 0 Å². The van der Waals surface area contributed by atoms with Crippen molar-refractivity contribution in [2.45, 2.75) is 6.92 Å². The van der Waals surface area contributed by atoms with E-state index in [1.807, 2.05) is 0 Å². The highest BCUT2D eigenvalue weighted by molar-refractivity contribution is 5.75. The molecule has 1 aliphatic carbocycles. The predicted molar refractivity (Wildman–Crippen MR) is 61.5 cm³/mol. The van der Waals surface area contributed by atoms with Gasteiger partial charge in [-0.2, -0.15) is 0 Å². The first-order valence-corrected chi connectivity index (χ1v) is 5.71. The number of aliphatic carboxylic acids is 1. The molecule has 1 saturated heterocycles. The number of carboxylic acid groups (broad SMARTS) is 1. The molecule has 0 amide bonds. The first-order chi connectivity index (χ1) is 7.66. The number of benzene rings is 1. The fourth-order valence-corrected chi connectivity index (χ4v) is 2.86. The van der Waals surface area contributed by atoms with Crippen LogP contribution in [0.5, 0.6) is 0 Å².